The summed E-state index contributed by atoms with van der Waals surface area (Å²) in [5, 5.41) is 0. The van der Waals surface area contributed by atoms with Crippen LogP contribution in [0.3, 0.4) is 0 Å². The minimum atomic E-state index is 0.291. The minimum Gasteiger partial charge on any atom is -0.383 e. The van der Waals surface area contributed by atoms with Crippen LogP contribution in [-0.4, -0.2) is 43.8 Å². The summed E-state index contributed by atoms with van der Waals surface area (Å²) in [6, 6.07) is 0.756. The quantitative estimate of drug-likeness (QED) is 0.650. The predicted octanol–water partition coefficient (Wildman–Crippen LogP) is 1.08. The maximum absolute atomic E-state index is 5.90. The van der Waals surface area contributed by atoms with E-state index in [2.05, 4.69) is 25.7 Å². The zero-order chi connectivity index (χ0) is 10.3. The van der Waals surface area contributed by atoms with E-state index in [4.69, 9.17) is 10.5 Å². The lowest BCUT2D eigenvalue weighted by Crippen LogP contribution is -2.43. The number of ether oxygens (including phenoxy) is 1. The fourth-order valence-electron chi connectivity index (χ4n) is 1.40. The molecule has 0 saturated heterocycles. The average Bonchev–Trinajstić information content (AvgIpc) is 2.14. The number of rotatable bonds is 7. The van der Waals surface area contributed by atoms with Crippen LogP contribution in [0.5, 0.6) is 0 Å². The van der Waals surface area contributed by atoms with Gasteiger partial charge in [-0.15, -0.1) is 0 Å². The van der Waals surface area contributed by atoms with Crippen molar-refractivity contribution in [3.8, 4) is 0 Å². The Balaban J connectivity index is 3.86. The maximum atomic E-state index is 5.90. The molecule has 0 aromatic carbocycles. The lowest BCUT2D eigenvalue weighted by molar-refractivity contribution is 0.0983. The Morgan fingerprint density at radius 1 is 1.38 bits per heavy atom. The first-order valence-corrected chi connectivity index (χ1v) is 5.14. The van der Waals surface area contributed by atoms with Crippen molar-refractivity contribution >= 4 is 0 Å². The van der Waals surface area contributed by atoms with Crippen LogP contribution in [0.25, 0.3) is 0 Å². The molecule has 0 amide bonds. The summed E-state index contributed by atoms with van der Waals surface area (Å²) in [6.45, 7) is 9.25. The van der Waals surface area contributed by atoms with Gasteiger partial charge in [0.2, 0.25) is 0 Å². The third-order valence-electron chi connectivity index (χ3n) is 2.43. The second kappa shape index (κ2) is 7.30. The van der Waals surface area contributed by atoms with Crippen molar-refractivity contribution < 1.29 is 4.74 Å². The standard InChI is InChI=1S/C10H24N2O/c1-5-10(11)7-12(6-2)9(3)8-13-4/h9-10H,5-8,11H2,1-4H3. The molecule has 0 fully saturated rings. The molecule has 0 aliphatic carbocycles. The molecular weight excluding hydrogens is 164 g/mol. The zero-order valence-electron chi connectivity index (χ0n) is 9.42. The molecule has 3 nitrogen and oxygen atoms in total. The van der Waals surface area contributed by atoms with Crippen LogP contribution < -0.4 is 5.73 Å². The van der Waals surface area contributed by atoms with E-state index in [1.165, 1.54) is 0 Å². The van der Waals surface area contributed by atoms with Crippen molar-refractivity contribution in [2.75, 3.05) is 26.8 Å². The SMILES string of the molecule is CCC(N)CN(CC)C(C)COC. The highest BCUT2D eigenvalue weighted by molar-refractivity contribution is 4.71. The molecule has 2 atom stereocenters. The molecule has 0 aliphatic rings. The first-order chi connectivity index (χ1) is 6.15. The summed E-state index contributed by atoms with van der Waals surface area (Å²) in [4.78, 5) is 2.36. The van der Waals surface area contributed by atoms with Crippen LogP contribution >= 0.6 is 0 Å². The number of hydrogen-bond donors (Lipinski definition) is 1. The van der Waals surface area contributed by atoms with Gasteiger partial charge in [0.1, 0.15) is 0 Å². The maximum Gasteiger partial charge on any atom is 0.0615 e. The van der Waals surface area contributed by atoms with Gasteiger partial charge in [-0.1, -0.05) is 13.8 Å². The predicted molar refractivity (Wildman–Crippen MR) is 56.9 cm³/mol. The lowest BCUT2D eigenvalue weighted by Gasteiger charge is -2.29. The van der Waals surface area contributed by atoms with Gasteiger partial charge in [0.25, 0.3) is 0 Å². The normalized spacial score (nSPS) is 16.2. The van der Waals surface area contributed by atoms with Crippen LogP contribution in [0.4, 0.5) is 0 Å². The van der Waals surface area contributed by atoms with Crippen LogP contribution in [-0.2, 0) is 4.74 Å². The van der Waals surface area contributed by atoms with Crippen LogP contribution in [0.1, 0.15) is 27.2 Å². The van der Waals surface area contributed by atoms with E-state index in [0.29, 0.717) is 12.1 Å². The van der Waals surface area contributed by atoms with Crippen LogP contribution in [0.2, 0.25) is 0 Å². The highest BCUT2D eigenvalue weighted by atomic mass is 16.5. The lowest BCUT2D eigenvalue weighted by atomic mass is 10.2. The van der Waals surface area contributed by atoms with Crippen molar-refractivity contribution in [1.82, 2.24) is 4.90 Å². The van der Waals surface area contributed by atoms with Crippen molar-refractivity contribution in [3.05, 3.63) is 0 Å². The molecule has 0 saturated carbocycles. The smallest absolute Gasteiger partial charge is 0.0615 e. The Hall–Kier alpha value is -0.120. The van der Waals surface area contributed by atoms with Gasteiger partial charge in [0.15, 0.2) is 0 Å². The molecule has 0 aliphatic heterocycles. The second-order valence-electron chi connectivity index (χ2n) is 3.56. The van der Waals surface area contributed by atoms with Crippen molar-refractivity contribution in [2.24, 2.45) is 5.73 Å². The summed E-state index contributed by atoms with van der Waals surface area (Å²) in [6.07, 6.45) is 1.04. The first-order valence-electron chi connectivity index (χ1n) is 5.14. The minimum absolute atomic E-state index is 0.291. The van der Waals surface area contributed by atoms with Crippen molar-refractivity contribution in [3.63, 3.8) is 0 Å². The molecule has 0 spiro atoms. The van der Waals surface area contributed by atoms with E-state index >= 15 is 0 Å². The van der Waals surface area contributed by atoms with Gasteiger partial charge >= 0.3 is 0 Å². The molecule has 0 aromatic heterocycles. The second-order valence-corrected chi connectivity index (χ2v) is 3.56. The summed E-state index contributed by atoms with van der Waals surface area (Å²) in [5.41, 5.74) is 5.90. The first kappa shape index (κ1) is 12.9. The molecule has 13 heavy (non-hydrogen) atoms. The number of likely N-dealkylation sites (N-methyl/N-ethyl adjacent to an activating group) is 1. The Morgan fingerprint density at radius 3 is 2.38 bits per heavy atom. The zero-order valence-corrected chi connectivity index (χ0v) is 9.42. The molecule has 0 bridgehead atoms. The largest absolute Gasteiger partial charge is 0.383 e. The summed E-state index contributed by atoms with van der Waals surface area (Å²) in [7, 11) is 1.74. The van der Waals surface area contributed by atoms with Gasteiger partial charge in [-0.2, -0.15) is 0 Å². The van der Waals surface area contributed by atoms with Crippen molar-refractivity contribution in [1.29, 1.82) is 0 Å². The van der Waals surface area contributed by atoms with Gasteiger partial charge < -0.3 is 10.5 Å². The Kier molecular flexibility index (Phi) is 7.23. The van der Waals surface area contributed by atoms with Crippen molar-refractivity contribution in [2.45, 2.75) is 39.3 Å². The Labute approximate surface area is 82.2 Å². The molecule has 0 aromatic rings. The highest BCUT2D eigenvalue weighted by Crippen LogP contribution is 2.01. The highest BCUT2D eigenvalue weighted by Gasteiger charge is 2.13. The number of methoxy groups -OCH3 is 1. The van der Waals surface area contributed by atoms with E-state index in [1.54, 1.807) is 7.11 Å². The topological polar surface area (TPSA) is 38.5 Å². The van der Waals surface area contributed by atoms with E-state index in [9.17, 15) is 0 Å². The summed E-state index contributed by atoms with van der Waals surface area (Å²) in [5.74, 6) is 0. The van der Waals surface area contributed by atoms with Gasteiger partial charge in [-0.3, -0.25) is 4.90 Å². The number of hydrogen-bond acceptors (Lipinski definition) is 3. The molecule has 2 N–H and O–H groups in total. The van der Waals surface area contributed by atoms with Gasteiger partial charge in [-0.05, 0) is 19.9 Å². The third-order valence-corrected chi connectivity index (χ3v) is 2.43. The van der Waals surface area contributed by atoms with Crippen LogP contribution in [0, 0.1) is 0 Å². The molecule has 0 rings (SSSR count). The van der Waals surface area contributed by atoms with Gasteiger partial charge in [-0.25, -0.2) is 0 Å². The van der Waals surface area contributed by atoms with Gasteiger partial charge in [0, 0.05) is 25.7 Å². The molecule has 2 unspecified atom stereocenters. The molecule has 0 heterocycles. The number of nitrogens with two attached hydrogens (primary N) is 1. The van der Waals surface area contributed by atoms with E-state index in [1.807, 2.05) is 0 Å². The fraction of sp³-hybridized carbons (Fsp3) is 1.00. The average molecular weight is 188 g/mol. The van der Waals surface area contributed by atoms with E-state index in [0.717, 1.165) is 26.1 Å². The van der Waals surface area contributed by atoms with E-state index < -0.39 is 0 Å². The molecule has 0 radical (unpaired) electrons. The number of nitrogens with zero attached hydrogens (tertiary/aromatic N) is 1. The molecule has 3 heteroatoms. The monoisotopic (exact) mass is 188 g/mol. The molecular formula is C10H24N2O. The van der Waals surface area contributed by atoms with Gasteiger partial charge in [0.05, 0.1) is 6.61 Å². The van der Waals surface area contributed by atoms with E-state index in [-0.39, 0.29) is 0 Å². The van der Waals surface area contributed by atoms with Crippen LogP contribution in [0.15, 0.2) is 0 Å². The third kappa shape index (κ3) is 5.24. The summed E-state index contributed by atoms with van der Waals surface area (Å²) >= 11 is 0. The Morgan fingerprint density at radius 2 is 2.00 bits per heavy atom. The molecule has 80 valence electrons. The Bertz CT molecular complexity index is 119. The fourth-order valence-corrected chi connectivity index (χ4v) is 1.40. The summed E-state index contributed by atoms with van der Waals surface area (Å²) < 4.78 is 5.12.